The summed E-state index contributed by atoms with van der Waals surface area (Å²) < 4.78 is 28.9. The lowest BCUT2D eigenvalue weighted by molar-refractivity contribution is 0.510. The number of benzene rings is 1. The highest BCUT2D eigenvalue weighted by atomic mass is 19.2. The number of fused-ring (bicyclic) bond motifs is 1. The van der Waals surface area contributed by atoms with Gasteiger partial charge in [-0.15, -0.1) is 0 Å². The highest BCUT2D eigenvalue weighted by Gasteiger charge is 2.30. The monoisotopic (exact) mass is 290 g/mol. The molecule has 1 aromatic heterocycles. The molecule has 0 spiro atoms. The molecule has 1 heterocycles. The smallest absolute Gasteiger partial charge is 0.161 e. The van der Waals surface area contributed by atoms with E-state index in [1.54, 1.807) is 0 Å². The van der Waals surface area contributed by atoms with Gasteiger partial charge in [-0.25, -0.2) is 13.8 Å². The molecular weight excluding hydrogens is 274 g/mol. The van der Waals surface area contributed by atoms with E-state index in [0.29, 0.717) is 22.4 Å². The summed E-state index contributed by atoms with van der Waals surface area (Å²) in [6.45, 7) is 1.82. The molecule has 3 rings (SSSR count). The van der Waals surface area contributed by atoms with Gasteiger partial charge in [0.2, 0.25) is 0 Å². The fraction of sp³-hybridized carbons (Fsp3) is 0.267. The maximum atomic E-state index is 13.5. The zero-order valence-corrected chi connectivity index (χ0v) is 11.6. The normalized spacial score (nSPS) is 16.7. The molecule has 2 aromatic rings. The molecule has 0 saturated heterocycles. The maximum Gasteiger partial charge on any atom is 0.161 e. The van der Waals surface area contributed by atoms with Gasteiger partial charge in [0, 0.05) is 29.9 Å². The second kappa shape index (κ2) is 4.87. The van der Waals surface area contributed by atoms with Crippen molar-refractivity contribution in [3.05, 3.63) is 47.6 Å². The lowest BCUT2D eigenvalue weighted by Crippen LogP contribution is -2.04. The number of halogens is 2. The molecule has 0 atom stereocenters. The summed E-state index contributed by atoms with van der Waals surface area (Å²) in [5.41, 5.74) is 13.7. The fourth-order valence-corrected chi connectivity index (χ4v) is 2.45. The number of imidazole rings is 1. The van der Waals surface area contributed by atoms with E-state index in [0.717, 1.165) is 24.5 Å². The van der Waals surface area contributed by atoms with Gasteiger partial charge < -0.3 is 16.0 Å². The summed E-state index contributed by atoms with van der Waals surface area (Å²) >= 11 is 0. The van der Waals surface area contributed by atoms with Crippen molar-refractivity contribution < 1.29 is 8.78 Å². The second-order valence-corrected chi connectivity index (χ2v) is 5.22. The molecule has 0 amide bonds. The number of aromatic nitrogens is 2. The van der Waals surface area contributed by atoms with Crippen molar-refractivity contribution >= 4 is 16.6 Å². The van der Waals surface area contributed by atoms with Crippen molar-refractivity contribution in [2.75, 3.05) is 0 Å². The highest BCUT2D eigenvalue weighted by molar-refractivity contribution is 5.84. The van der Waals surface area contributed by atoms with E-state index in [-0.39, 0.29) is 6.04 Å². The van der Waals surface area contributed by atoms with Gasteiger partial charge in [0.25, 0.3) is 0 Å². The molecule has 1 aromatic carbocycles. The summed E-state index contributed by atoms with van der Waals surface area (Å²) in [5.74, 6) is -1.18. The van der Waals surface area contributed by atoms with Crippen LogP contribution in [0.5, 0.6) is 0 Å². The van der Waals surface area contributed by atoms with E-state index in [1.165, 1.54) is 18.5 Å². The van der Waals surface area contributed by atoms with Crippen LogP contribution >= 0.6 is 0 Å². The van der Waals surface area contributed by atoms with Crippen LogP contribution in [0.3, 0.4) is 0 Å². The van der Waals surface area contributed by atoms with Crippen molar-refractivity contribution in [3.8, 4) is 0 Å². The van der Waals surface area contributed by atoms with Crippen molar-refractivity contribution in [1.29, 1.82) is 0 Å². The van der Waals surface area contributed by atoms with Gasteiger partial charge in [-0.3, -0.25) is 0 Å². The van der Waals surface area contributed by atoms with Gasteiger partial charge in [0.15, 0.2) is 11.6 Å². The lowest BCUT2D eigenvalue weighted by Gasteiger charge is -2.10. The molecule has 1 aliphatic rings. The average Bonchev–Trinajstić information content (AvgIpc) is 3.24. The van der Waals surface area contributed by atoms with Crippen molar-refractivity contribution in [2.24, 2.45) is 11.5 Å². The number of nitrogens with two attached hydrogens (primary N) is 2. The Morgan fingerprint density at radius 2 is 1.90 bits per heavy atom. The molecule has 4 nitrogen and oxygen atoms in total. The van der Waals surface area contributed by atoms with Crippen LogP contribution in [0.4, 0.5) is 8.78 Å². The van der Waals surface area contributed by atoms with Crippen LogP contribution in [0.2, 0.25) is 0 Å². The quantitative estimate of drug-likeness (QED) is 0.854. The van der Waals surface area contributed by atoms with Crippen LogP contribution in [-0.4, -0.2) is 9.55 Å². The molecule has 0 unspecified atom stereocenters. The fourth-order valence-electron chi connectivity index (χ4n) is 2.45. The van der Waals surface area contributed by atoms with Gasteiger partial charge in [-0.2, -0.15) is 0 Å². The molecule has 0 radical (unpaired) electrons. The molecule has 1 aliphatic carbocycles. The van der Waals surface area contributed by atoms with Crippen LogP contribution < -0.4 is 11.5 Å². The Labute approximate surface area is 120 Å². The van der Waals surface area contributed by atoms with Gasteiger partial charge in [0.05, 0.1) is 11.0 Å². The third-order valence-electron chi connectivity index (χ3n) is 3.73. The number of rotatable bonds is 3. The van der Waals surface area contributed by atoms with Gasteiger partial charge in [-0.1, -0.05) is 0 Å². The SMILES string of the molecule is CC(=C/N)/C(=C\N)c1nc2cc(F)c(F)cc2n1C1CC1. The third-order valence-corrected chi connectivity index (χ3v) is 3.73. The summed E-state index contributed by atoms with van der Waals surface area (Å²) in [7, 11) is 0. The Hall–Kier alpha value is -2.37. The summed E-state index contributed by atoms with van der Waals surface area (Å²) in [4.78, 5) is 4.43. The molecule has 1 fully saturated rings. The second-order valence-electron chi connectivity index (χ2n) is 5.22. The summed E-state index contributed by atoms with van der Waals surface area (Å²) in [6, 6.07) is 2.55. The predicted molar refractivity (Wildman–Crippen MR) is 78.0 cm³/mol. The maximum absolute atomic E-state index is 13.5. The first-order chi connectivity index (χ1) is 10.1. The van der Waals surface area contributed by atoms with Crippen LogP contribution in [0.1, 0.15) is 31.6 Å². The van der Waals surface area contributed by atoms with Crippen molar-refractivity contribution in [2.45, 2.75) is 25.8 Å². The minimum absolute atomic E-state index is 0.246. The average molecular weight is 290 g/mol. The van der Waals surface area contributed by atoms with Gasteiger partial charge in [-0.05, 0) is 31.5 Å². The first-order valence-corrected chi connectivity index (χ1v) is 6.75. The Kier molecular flexibility index (Phi) is 3.16. The zero-order chi connectivity index (χ0) is 15.1. The standard InChI is InChI=1S/C15H16F2N4/c1-8(6-18)10(7-19)15-20-13-4-11(16)12(17)5-14(13)21(15)9-2-3-9/h4-7,9H,2-3,18-19H2,1H3/b8-6-,10-7+. The van der Waals surface area contributed by atoms with Gasteiger partial charge in [0.1, 0.15) is 5.82 Å². The first-order valence-electron chi connectivity index (χ1n) is 6.75. The predicted octanol–water partition coefficient (Wildman–Crippen LogP) is 2.81. The molecule has 1 saturated carbocycles. The number of allylic oxidation sites excluding steroid dienone is 2. The number of nitrogens with zero attached hydrogens (tertiary/aromatic N) is 2. The zero-order valence-electron chi connectivity index (χ0n) is 11.6. The Bertz CT molecular complexity index is 770. The number of hydrogen-bond acceptors (Lipinski definition) is 3. The molecule has 0 aliphatic heterocycles. The van der Waals surface area contributed by atoms with Crippen molar-refractivity contribution in [3.63, 3.8) is 0 Å². The van der Waals surface area contributed by atoms with Crippen LogP contribution in [0.25, 0.3) is 16.6 Å². The molecular formula is C15H16F2N4. The van der Waals surface area contributed by atoms with Gasteiger partial charge >= 0.3 is 0 Å². The molecule has 4 N–H and O–H groups in total. The lowest BCUT2D eigenvalue weighted by atomic mass is 10.1. The minimum atomic E-state index is -0.904. The van der Waals surface area contributed by atoms with E-state index in [4.69, 9.17) is 11.5 Å². The van der Waals surface area contributed by atoms with E-state index in [1.807, 2.05) is 11.5 Å². The van der Waals surface area contributed by atoms with Crippen LogP contribution in [0.15, 0.2) is 30.1 Å². The highest BCUT2D eigenvalue weighted by Crippen LogP contribution is 2.41. The topological polar surface area (TPSA) is 69.9 Å². The third kappa shape index (κ3) is 2.16. The Morgan fingerprint density at radius 3 is 2.48 bits per heavy atom. The van der Waals surface area contributed by atoms with Crippen molar-refractivity contribution in [1.82, 2.24) is 9.55 Å². The summed E-state index contributed by atoms with van der Waals surface area (Å²) in [5, 5.41) is 0. The van der Waals surface area contributed by atoms with Crippen LogP contribution in [0, 0.1) is 11.6 Å². The Balaban J connectivity index is 2.30. The van der Waals surface area contributed by atoms with Crippen LogP contribution in [-0.2, 0) is 0 Å². The molecule has 110 valence electrons. The first kappa shape index (κ1) is 13.6. The Morgan fingerprint density at radius 1 is 1.24 bits per heavy atom. The molecule has 21 heavy (non-hydrogen) atoms. The van der Waals surface area contributed by atoms with E-state index in [9.17, 15) is 8.78 Å². The summed E-state index contributed by atoms with van der Waals surface area (Å²) in [6.07, 6.45) is 4.84. The van der Waals surface area contributed by atoms with E-state index < -0.39 is 11.6 Å². The van der Waals surface area contributed by atoms with E-state index in [2.05, 4.69) is 4.98 Å². The largest absolute Gasteiger partial charge is 0.404 e. The minimum Gasteiger partial charge on any atom is -0.404 e. The molecule has 6 heteroatoms. The van der Waals surface area contributed by atoms with E-state index >= 15 is 0 Å². The number of hydrogen-bond donors (Lipinski definition) is 2. The molecule has 0 bridgehead atoms.